The number of hydrogen-bond donors (Lipinski definition) is 2. The molecular weight excluding hydrogens is 252 g/mol. The van der Waals surface area contributed by atoms with Gasteiger partial charge in [0.05, 0.1) is 5.41 Å². The molecule has 0 bridgehead atoms. The molecule has 0 aliphatic carbocycles. The van der Waals surface area contributed by atoms with Gasteiger partial charge in [-0.2, -0.15) is 0 Å². The molecule has 1 aromatic rings. The number of aryl methyl sites for hydroxylation is 1. The molecule has 1 aromatic carbocycles. The molecule has 20 heavy (non-hydrogen) atoms. The number of ether oxygens (including phenoxy) is 1. The van der Waals surface area contributed by atoms with Gasteiger partial charge in [0, 0.05) is 0 Å². The predicted molar refractivity (Wildman–Crippen MR) is 81.5 cm³/mol. The van der Waals surface area contributed by atoms with Crippen LogP contribution in [0.1, 0.15) is 45.7 Å². The van der Waals surface area contributed by atoms with Gasteiger partial charge in [-0.1, -0.05) is 32.9 Å². The Hall–Kier alpha value is -1.55. The minimum atomic E-state index is -0.673. The number of carbonyl (C=O) groups is 1. The largest absolute Gasteiger partial charge is 0.492 e. The normalized spacial score (nSPS) is 12.2. The number of nitrogens with one attached hydrogen (secondary N) is 1. The lowest BCUT2D eigenvalue weighted by Gasteiger charge is -2.27. The average molecular weight is 278 g/mol. The minimum Gasteiger partial charge on any atom is -0.492 e. The van der Waals surface area contributed by atoms with E-state index in [4.69, 9.17) is 10.6 Å². The van der Waals surface area contributed by atoms with E-state index in [0.717, 1.165) is 16.9 Å². The molecule has 0 aliphatic heterocycles. The smallest absolute Gasteiger partial charge is 0.242 e. The number of benzene rings is 1. The molecule has 0 atom stereocenters. The van der Waals surface area contributed by atoms with Crippen molar-refractivity contribution in [3.63, 3.8) is 0 Å². The first kappa shape index (κ1) is 16.5. The minimum absolute atomic E-state index is 0.0106. The van der Waals surface area contributed by atoms with E-state index < -0.39 is 5.41 Å². The van der Waals surface area contributed by atoms with Crippen molar-refractivity contribution in [3.8, 4) is 5.75 Å². The molecule has 0 heterocycles. The monoisotopic (exact) mass is 278 g/mol. The fourth-order valence-corrected chi connectivity index (χ4v) is 1.89. The van der Waals surface area contributed by atoms with Crippen LogP contribution in [0.15, 0.2) is 18.2 Å². The quantitative estimate of drug-likeness (QED) is 0.505. The zero-order valence-corrected chi connectivity index (χ0v) is 13.3. The summed E-state index contributed by atoms with van der Waals surface area (Å²) in [5, 5.41) is 0. The van der Waals surface area contributed by atoms with Gasteiger partial charge in [0.15, 0.2) is 0 Å². The fourth-order valence-electron chi connectivity index (χ4n) is 1.89. The van der Waals surface area contributed by atoms with Gasteiger partial charge >= 0.3 is 0 Å². The van der Waals surface area contributed by atoms with Gasteiger partial charge in [-0.05, 0) is 43.4 Å². The number of carbonyl (C=O) groups excluding carboxylic acids is 1. The molecule has 0 radical (unpaired) electrons. The van der Waals surface area contributed by atoms with Gasteiger partial charge in [-0.15, -0.1) is 0 Å². The lowest BCUT2D eigenvalue weighted by atomic mass is 9.85. The summed E-state index contributed by atoms with van der Waals surface area (Å²) in [6.07, 6.45) is 0. The van der Waals surface area contributed by atoms with Crippen molar-refractivity contribution in [1.29, 1.82) is 0 Å². The van der Waals surface area contributed by atoms with Crippen molar-refractivity contribution in [1.82, 2.24) is 5.43 Å². The molecule has 3 N–H and O–H groups in total. The Balaban J connectivity index is 2.98. The molecule has 0 aromatic heterocycles. The third-order valence-corrected chi connectivity index (χ3v) is 3.28. The first-order valence-electron chi connectivity index (χ1n) is 6.83. The van der Waals surface area contributed by atoms with Crippen molar-refractivity contribution in [2.45, 2.75) is 47.0 Å². The summed E-state index contributed by atoms with van der Waals surface area (Å²) in [5.74, 6) is 5.79. The predicted octanol–water partition coefficient (Wildman–Crippen LogP) is 2.69. The van der Waals surface area contributed by atoms with Crippen LogP contribution in [0.4, 0.5) is 0 Å². The fraction of sp³-hybridized carbons (Fsp3) is 0.562. The molecule has 0 aliphatic rings. The highest BCUT2D eigenvalue weighted by Crippen LogP contribution is 2.33. The molecule has 1 rings (SSSR count). The maximum atomic E-state index is 11.7. The van der Waals surface area contributed by atoms with Crippen molar-refractivity contribution >= 4 is 5.91 Å². The number of hydrazine groups is 1. The van der Waals surface area contributed by atoms with Crippen LogP contribution in [-0.4, -0.2) is 12.5 Å². The van der Waals surface area contributed by atoms with Crippen LogP contribution >= 0.6 is 0 Å². The van der Waals surface area contributed by atoms with Crippen molar-refractivity contribution < 1.29 is 9.53 Å². The Morgan fingerprint density at radius 1 is 1.25 bits per heavy atom. The summed E-state index contributed by atoms with van der Waals surface area (Å²) in [6.45, 7) is 12.3. The second-order valence-electron chi connectivity index (χ2n) is 6.90. The molecule has 1 amide bonds. The van der Waals surface area contributed by atoms with Crippen molar-refractivity contribution in [2.75, 3.05) is 6.61 Å². The molecule has 0 unspecified atom stereocenters. The SMILES string of the molecule is Cc1ccc(C(C)(C)C)c(OCC(C)(C)C(=O)NN)c1. The maximum absolute atomic E-state index is 11.7. The molecule has 0 saturated carbocycles. The van der Waals surface area contributed by atoms with Gasteiger partial charge in [0.1, 0.15) is 12.4 Å². The molecule has 0 saturated heterocycles. The first-order valence-corrected chi connectivity index (χ1v) is 6.83. The molecule has 0 fully saturated rings. The third-order valence-electron chi connectivity index (χ3n) is 3.28. The second kappa shape index (κ2) is 5.83. The van der Waals surface area contributed by atoms with E-state index in [9.17, 15) is 4.79 Å². The highest BCUT2D eigenvalue weighted by atomic mass is 16.5. The summed E-state index contributed by atoms with van der Waals surface area (Å²) in [4.78, 5) is 11.7. The van der Waals surface area contributed by atoms with Crippen LogP contribution in [0.3, 0.4) is 0 Å². The number of amides is 1. The number of rotatable bonds is 4. The highest BCUT2D eigenvalue weighted by molar-refractivity contribution is 5.81. The van der Waals surface area contributed by atoms with Crippen LogP contribution < -0.4 is 16.0 Å². The topological polar surface area (TPSA) is 64.3 Å². The lowest BCUT2D eigenvalue weighted by Crippen LogP contribution is -2.44. The van der Waals surface area contributed by atoms with E-state index in [1.807, 2.05) is 26.8 Å². The summed E-state index contributed by atoms with van der Waals surface area (Å²) in [6, 6.07) is 6.17. The summed E-state index contributed by atoms with van der Waals surface area (Å²) in [7, 11) is 0. The zero-order chi connectivity index (χ0) is 15.6. The van der Waals surface area contributed by atoms with Gasteiger partial charge < -0.3 is 4.74 Å². The van der Waals surface area contributed by atoms with Crippen LogP contribution in [0.2, 0.25) is 0 Å². The highest BCUT2D eigenvalue weighted by Gasteiger charge is 2.29. The Labute approximate surface area is 121 Å². The van der Waals surface area contributed by atoms with Gasteiger partial charge in [0.2, 0.25) is 5.91 Å². The van der Waals surface area contributed by atoms with E-state index in [1.54, 1.807) is 0 Å². The third kappa shape index (κ3) is 3.97. The van der Waals surface area contributed by atoms with E-state index in [0.29, 0.717) is 0 Å². The van der Waals surface area contributed by atoms with E-state index in [2.05, 4.69) is 38.3 Å². The Kier molecular flexibility index (Phi) is 4.81. The molecule has 112 valence electrons. The van der Waals surface area contributed by atoms with Crippen molar-refractivity contribution in [2.24, 2.45) is 11.3 Å². The second-order valence-corrected chi connectivity index (χ2v) is 6.90. The van der Waals surface area contributed by atoms with Gasteiger partial charge in [0.25, 0.3) is 0 Å². The number of nitrogens with two attached hydrogens (primary N) is 1. The van der Waals surface area contributed by atoms with Crippen LogP contribution in [0.25, 0.3) is 0 Å². The first-order chi connectivity index (χ1) is 9.08. The zero-order valence-electron chi connectivity index (χ0n) is 13.3. The van der Waals surface area contributed by atoms with E-state index in [1.165, 1.54) is 0 Å². The van der Waals surface area contributed by atoms with E-state index >= 15 is 0 Å². The van der Waals surface area contributed by atoms with Gasteiger partial charge in [-0.3, -0.25) is 10.2 Å². The summed E-state index contributed by atoms with van der Waals surface area (Å²) in [5.41, 5.74) is 3.76. The summed E-state index contributed by atoms with van der Waals surface area (Å²) < 4.78 is 5.92. The molecule has 0 spiro atoms. The molecule has 4 heteroatoms. The van der Waals surface area contributed by atoms with E-state index in [-0.39, 0.29) is 17.9 Å². The molecular formula is C16H26N2O2. The Morgan fingerprint density at radius 2 is 1.85 bits per heavy atom. The lowest BCUT2D eigenvalue weighted by molar-refractivity contribution is -0.130. The number of hydrogen-bond acceptors (Lipinski definition) is 3. The maximum Gasteiger partial charge on any atom is 0.242 e. The van der Waals surface area contributed by atoms with Crippen LogP contribution in [-0.2, 0) is 10.2 Å². The molecule has 4 nitrogen and oxygen atoms in total. The van der Waals surface area contributed by atoms with Gasteiger partial charge in [-0.25, -0.2) is 5.84 Å². The van der Waals surface area contributed by atoms with Crippen molar-refractivity contribution in [3.05, 3.63) is 29.3 Å². The summed E-state index contributed by atoms with van der Waals surface area (Å²) >= 11 is 0. The average Bonchev–Trinajstić information content (AvgIpc) is 2.34. The Morgan fingerprint density at radius 3 is 2.35 bits per heavy atom. The van der Waals surface area contributed by atoms with Crippen LogP contribution in [0.5, 0.6) is 5.75 Å². The Bertz CT molecular complexity index is 488. The standard InChI is InChI=1S/C16H26N2O2/c1-11-7-8-12(15(2,3)4)13(9-11)20-10-16(5,6)14(19)18-17/h7-9H,10,17H2,1-6H3,(H,18,19). The van der Waals surface area contributed by atoms with Crippen LogP contribution in [0, 0.1) is 12.3 Å².